The van der Waals surface area contributed by atoms with E-state index in [4.69, 9.17) is 9.47 Å². The van der Waals surface area contributed by atoms with E-state index in [0.717, 1.165) is 49.8 Å². The predicted octanol–water partition coefficient (Wildman–Crippen LogP) is 4.69. The number of hydrogen-bond acceptors (Lipinski definition) is 8. The minimum Gasteiger partial charge on any atom is -0.447 e. The molecule has 2 rings (SSSR count). The number of hydrogen-bond donors (Lipinski definition) is 5. The van der Waals surface area contributed by atoms with Gasteiger partial charge in [-0.1, -0.05) is 123 Å². The number of nitrogens with one attached hydrogen (secondary N) is 2. The van der Waals surface area contributed by atoms with E-state index in [0.29, 0.717) is 6.54 Å². The van der Waals surface area contributed by atoms with Crippen molar-refractivity contribution in [2.45, 2.75) is 179 Å². The number of carbonyl (C=O) groups is 3. The molecule has 11 nitrogen and oxygen atoms in total. The topological polar surface area (TPSA) is 158 Å². The summed E-state index contributed by atoms with van der Waals surface area (Å²) in [5, 5.41) is 36.9. The van der Waals surface area contributed by atoms with Crippen LogP contribution in [0.15, 0.2) is 0 Å². The zero-order valence-corrected chi connectivity index (χ0v) is 28.1. The Bertz CT molecular complexity index is 831. The lowest BCUT2D eigenvalue weighted by atomic mass is 9.94. The second-order valence-corrected chi connectivity index (χ2v) is 12.9. The second-order valence-electron chi connectivity index (χ2n) is 12.9. The maximum atomic E-state index is 13.2. The number of unbranched alkanes of at least 4 members (excludes halogenated alkanes) is 17. The standard InChI is InChI=1S/C34H63N3O8/c1-3-5-7-9-11-13-15-17-19-21-23-35-32(42)26(36-28(38)22-20-18-16-14-12-10-8-6-4-2)24-44-33-31(41)30(40)29(39)27-25-45-34(43)37(27)33/h26-27,29-31,33,39-41H,3-25H2,1-2H3,(H,35,42)(H,36,38)/t26-,27?,29-,30?,31?,33+/m0/s1. The SMILES string of the molecule is CCCCCCCCCCCCNC(=O)[C@H](CO[C@@H]1C(O)C(O)[C@@H](O)C2COC(=O)N21)NC(=O)CCCCCCCCCCC. The van der Waals surface area contributed by atoms with Gasteiger partial charge < -0.3 is 35.4 Å². The average Bonchev–Trinajstić information content (AvgIpc) is 3.42. The molecule has 0 aromatic rings. The molecule has 0 aromatic carbocycles. The summed E-state index contributed by atoms with van der Waals surface area (Å²) < 4.78 is 10.8. The van der Waals surface area contributed by atoms with Crippen molar-refractivity contribution < 1.29 is 39.2 Å². The summed E-state index contributed by atoms with van der Waals surface area (Å²) in [5.74, 6) is -0.670. The molecule has 2 aliphatic rings. The van der Waals surface area contributed by atoms with Gasteiger partial charge in [-0.2, -0.15) is 0 Å². The number of rotatable bonds is 26. The summed E-state index contributed by atoms with van der Waals surface area (Å²) in [6.07, 6.45) is 15.6. The third-order valence-corrected chi connectivity index (χ3v) is 9.03. The van der Waals surface area contributed by atoms with Gasteiger partial charge in [-0.15, -0.1) is 0 Å². The number of aliphatic hydroxyl groups excluding tert-OH is 3. The molecule has 2 fully saturated rings. The van der Waals surface area contributed by atoms with Crippen LogP contribution < -0.4 is 10.6 Å². The molecule has 5 N–H and O–H groups in total. The van der Waals surface area contributed by atoms with Crippen LogP contribution in [0.4, 0.5) is 4.79 Å². The summed E-state index contributed by atoms with van der Waals surface area (Å²) in [6, 6.07) is -1.93. The van der Waals surface area contributed by atoms with E-state index in [-0.39, 0.29) is 25.5 Å². The van der Waals surface area contributed by atoms with Gasteiger partial charge in [0.05, 0.1) is 6.61 Å². The molecule has 2 aliphatic heterocycles. The Hall–Kier alpha value is -1.95. The van der Waals surface area contributed by atoms with Gasteiger partial charge in [0.15, 0.2) is 6.23 Å². The monoisotopic (exact) mass is 641 g/mol. The Kier molecular flexibility index (Phi) is 20.4. The fourth-order valence-electron chi connectivity index (χ4n) is 6.13. The van der Waals surface area contributed by atoms with Crippen molar-refractivity contribution in [3.8, 4) is 0 Å². The minimum absolute atomic E-state index is 0.151. The van der Waals surface area contributed by atoms with E-state index >= 15 is 0 Å². The Balaban J connectivity index is 1.82. The highest BCUT2D eigenvalue weighted by Gasteiger charge is 2.54. The van der Waals surface area contributed by atoms with Crippen molar-refractivity contribution in [2.24, 2.45) is 0 Å². The first kappa shape index (κ1) is 39.2. The number of amides is 3. The number of piperidine rings is 1. The van der Waals surface area contributed by atoms with Gasteiger partial charge in [-0.25, -0.2) is 4.79 Å². The van der Waals surface area contributed by atoms with Crippen LogP contribution in [0.25, 0.3) is 0 Å². The van der Waals surface area contributed by atoms with Gasteiger partial charge in [0, 0.05) is 13.0 Å². The lowest BCUT2D eigenvalue weighted by molar-refractivity contribution is -0.212. The lowest BCUT2D eigenvalue weighted by Crippen LogP contribution is -2.66. The number of ether oxygens (including phenoxy) is 2. The van der Waals surface area contributed by atoms with Crippen LogP contribution in [0.3, 0.4) is 0 Å². The van der Waals surface area contributed by atoms with E-state index in [1.807, 2.05) is 0 Å². The van der Waals surface area contributed by atoms with Gasteiger partial charge in [-0.3, -0.25) is 14.5 Å². The molecule has 0 aliphatic carbocycles. The second kappa shape index (κ2) is 23.4. The summed E-state index contributed by atoms with van der Waals surface area (Å²) in [6.45, 7) is 4.42. The Morgan fingerprint density at radius 3 is 1.84 bits per heavy atom. The zero-order chi connectivity index (χ0) is 32.9. The summed E-state index contributed by atoms with van der Waals surface area (Å²) >= 11 is 0. The van der Waals surface area contributed by atoms with Gasteiger partial charge in [-0.05, 0) is 12.8 Å². The van der Waals surface area contributed by atoms with Crippen LogP contribution in [0.5, 0.6) is 0 Å². The van der Waals surface area contributed by atoms with Crippen LogP contribution in [0.1, 0.15) is 142 Å². The van der Waals surface area contributed by atoms with Crippen molar-refractivity contribution in [3.63, 3.8) is 0 Å². The number of cyclic esters (lactones) is 1. The zero-order valence-electron chi connectivity index (χ0n) is 28.1. The van der Waals surface area contributed by atoms with E-state index in [1.165, 1.54) is 77.0 Å². The largest absolute Gasteiger partial charge is 0.447 e. The third-order valence-electron chi connectivity index (χ3n) is 9.03. The molecular weight excluding hydrogens is 578 g/mol. The molecule has 0 spiro atoms. The van der Waals surface area contributed by atoms with Crippen LogP contribution in [0.2, 0.25) is 0 Å². The molecule has 0 saturated carbocycles. The highest BCUT2D eigenvalue weighted by atomic mass is 16.6. The molecule has 3 unspecified atom stereocenters. The highest BCUT2D eigenvalue weighted by molar-refractivity contribution is 5.87. The fourth-order valence-corrected chi connectivity index (χ4v) is 6.13. The van der Waals surface area contributed by atoms with Gasteiger partial charge in [0.1, 0.15) is 37.0 Å². The molecule has 6 atom stereocenters. The maximum Gasteiger partial charge on any atom is 0.412 e. The Morgan fingerprint density at radius 1 is 0.778 bits per heavy atom. The highest BCUT2D eigenvalue weighted by Crippen LogP contribution is 2.30. The Morgan fingerprint density at radius 2 is 1.29 bits per heavy atom. The number of aliphatic hydroxyl groups is 3. The number of carbonyl (C=O) groups excluding carboxylic acids is 3. The molecule has 262 valence electrons. The van der Waals surface area contributed by atoms with Gasteiger partial charge in [0.2, 0.25) is 11.8 Å². The molecule has 0 aromatic heterocycles. The molecule has 0 bridgehead atoms. The number of fused-ring (bicyclic) bond motifs is 1. The molecular formula is C34H63N3O8. The fraction of sp³-hybridized carbons (Fsp3) is 0.912. The first-order chi connectivity index (χ1) is 21.8. The van der Waals surface area contributed by atoms with Crippen LogP contribution in [-0.2, 0) is 19.1 Å². The summed E-state index contributed by atoms with van der Waals surface area (Å²) in [7, 11) is 0. The normalized spacial score (nSPS) is 23.4. The molecule has 2 heterocycles. The first-order valence-corrected chi connectivity index (χ1v) is 18.0. The van der Waals surface area contributed by atoms with Gasteiger partial charge in [0.25, 0.3) is 0 Å². The number of nitrogens with zero attached hydrogens (tertiary/aromatic N) is 1. The average molecular weight is 642 g/mol. The van der Waals surface area contributed by atoms with Crippen molar-refractivity contribution >= 4 is 17.9 Å². The molecule has 45 heavy (non-hydrogen) atoms. The summed E-state index contributed by atoms with van der Waals surface area (Å²) in [4.78, 5) is 39.4. The molecule has 0 radical (unpaired) electrons. The van der Waals surface area contributed by atoms with Crippen molar-refractivity contribution in [1.82, 2.24) is 15.5 Å². The molecule has 11 heteroatoms. The Labute approximate surface area is 271 Å². The predicted molar refractivity (Wildman–Crippen MR) is 173 cm³/mol. The third kappa shape index (κ3) is 14.6. The van der Waals surface area contributed by atoms with Crippen molar-refractivity contribution in [3.05, 3.63) is 0 Å². The summed E-state index contributed by atoms with van der Waals surface area (Å²) in [5.41, 5.74) is 0. The quantitative estimate of drug-likeness (QED) is 0.0852. The van der Waals surface area contributed by atoms with E-state index in [1.54, 1.807) is 0 Å². The smallest absolute Gasteiger partial charge is 0.412 e. The maximum absolute atomic E-state index is 13.2. The first-order valence-electron chi connectivity index (χ1n) is 18.0. The van der Waals surface area contributed by atoms with Gasteiger partial charge >= 0.3 is 6.09 Å². The van der Waals surface area contributed by atoms with E-state index < -0.39 is 48.6 Å². The van der Waals surface area contributed by atoms with Crippen molar-refractivity contribution in [2.75, 3.05) is 19.8 Å². The minimum atomic E-state index is -1.62. The van der Waals surface area contributed by atoms with Crippen molar-refractivity contribution in [1.29, 1.82) is 0 Å². The molecule has 2 saturated heterocycles. The van der Waals surface area contributed by atoms with E-state index in [9.17, 15) is 29.7 Å². The van der Waals surface area contributed by atoms with Crippen LogP contribution in [-0.4, -0.2) is 94.5 Å². The van der Waals surface area contributed by atoms with E-state index in [2.05, 4.69) is 24.5 Å². The molecule has 3 amide bonds. The lowest BCUT2D eigenvalue weighted by Gasteiger charge is -2.43. The van der Waals surface area contributed by atoms with Crippen LogP contribution >= 0.6 is 0 Å². The van der Waals surface area contributed by atoms with Crippen LogP contribution in [0, 0.1) is 0 Å².